The third-order valence-electron chi connectivity index (χ3n) is 8.23. The monoisotopic (exact) mass is 660 g/mol. The molecule has 2 aromatic rings. The van der Waals surface area contributed by atoms with E-state index in [2.05, 4.69) is 9.62 Å². The van der Waals surface area contributed by atoms with Crippen LogP contribution in [-0.4, -0.2) is 112 Å². The van der Waals surface area contributed by atoms with Gasteiger partial charge in [0.15, 0.2) is 0 Å². The molecule has 0 bridgehead atoms. The van der Waals surface area contributed by atoms with E-state index in [4.69, 9.17) is 9.47 Å². The molecule has 4 atom stereocenters. The largest absolute Gasteiger partial charge is 0.490 e. The van der Waals surface area contributed by atoms with E-state index in [0.717, 1.165) is 32.2 Å². The van der Waals surface area contributed by atoms with Crippen molar-refractivity contribution in [3.63, 3.8) is 0 Å². The van der Waals surface area contributed by atoms with Crippen LogP contribution in [0.4, 0.5) is 5.69 Å². The first-order valence-electron chi connectivity index (χ1n) is 16.1. The Morgan fingerprint density at radius 1 is 1.11 bits per heavy atom. The Morgan fingerprint density at radius 3 is 2.50 bits per heavy atom. The lowest BCUT2D eigenvalue weighted by Crippen LogP contribution is -2.48. The number of nitrogens with zero attached hydrogens (tertiary/aromatic N) is 3. The lowest BCUT2D eigenvalue weighted by Gasteiger charge is -2.36. The molecular formula is C34H52N4O7S. The van der Waals surface area contributed by atoms with Crippen molar-refractivity contribution in [1.29, 1.82) is 0 Å². The van der Waals surface area contributed by atoms with Crippen molar-refractivity contribution in [3.8, 4) is 5.75 Å². The highest BCUT2D eigenvalue weighted by Gasteiger charge is 2.31. The summed E-state index contributed by atoms with van der Waals surface area (Å²) in [5.74, 6) is -0.212. The van der Waals surface area contributed by atoms with Crippen molar-refractivity contribution in [3.05, 3.63) is 54.1 Å². The van der Waals surface area contributed by atoms with E-state index in [1.807, 2.05) is 27.9 Å². The van der Waals surface area contributed by atoms with Gasteiger partial charge in [0.05, 0.1) is 35.3 Å². The second kappa shape index (κ2) is 17.7. The van der Waals surface area contributed by atoms with Crippen molar-refractivity contribution in [2.45, 2.75) is 76.0 Å². The lowest BCUT2D eigenvalue weighted by atomic mass is 10.0. The predicted octanol–water partition coefficient (Wildman–Crippen LogP) is 4.08. The van der Waals surface area contributed by atoms with E-state index in [1.165, 1.54) is 18.2 Å². The SMILES string of the molecule is C[C@H](CO)N1C[C@H](C)[C@H](CN(C)C(=O)CCCN(C)C)OCCCC[C@H](C)Oc2ccc(NS(=O)(=O)c3ccccc3)cc2C1=O. The van der Waals surface area contributed by atoms with E-state index in [9.17, 15) is 23.1 Å². The fraction of sp³-hybridized carbons (Fsp3) is 0.588. The van der Waals surface area contributed by atoms with Gasteiger partial charge < -0.3 is 29.3 Å². The number of sulfonamides is 1. The van der Waals surface area contributed by atoms with Crippen LogP contribution in [0.5, 0.6) is 5.75 Å². The molecule has 2 aromatic carbocycles. The van der Waals surface area contributed by atoms with E-state index >= 15 is 0 Å². The molecule has 1 heterocycles. The Hall–Kier alpha value is -3.19. The molecule has 3 rings (SSSR count). The molecule has 2 amide bonds. The number of carbonyl (C=O) groups is 2. The number of amides is 2. The van der Waals surface area contributed by atoms with Crippen LogP contribution < -0.4 is 9.46 Å². The molecule has 2 N–H and O–H groups in total. The van der Waals surface area contributed by atoms with Crippen molar-refractivity contribution >= 4 is 27.5 Å². The zero-order chi connectivity index (χ0) is 33.9. The molecule has 0 unspecified atom stereocenters. The number of likely N-dealkylation sites (N-methyl/N-ethyl adjacent to an activating group) is 1. The number of benzene rings is 2. The maximum absolute atomic E-state index is 14.3. The summed E-state index contributed by atoms with van der Waals surface area (Å²) < 4.78 is 41.4. The standard InChI is InChI=1S/C34H52N4O7S/c1-25-22-38(26(2)24-39)34(41)30-21-28(35-46(42,43)29-14-8-7-9-15-29)17-18-31(30)45-27(3)13-10-11-20-44-32(25)23-37(6)33(40)16-12-19-36(4)5/h7-9,14-15,17-18,21,25-27,32,35,39H,10-13,16,19-20,22-24H2,1-6H3/t25-,26+,27-,32-/m0/s1. The van der Waals surface area contributed by atoms with E-state index in [-0.39, 0.29) is 53.3 Å². The zero-order valence-electron chi connectivity index (χ0n) is 28.1. The number of anilines is 1. The van der Waals surface area contributed by atoms with Crippen molar-refractivity contribution < 1.29 is 32.6 Å². The first-order valence-corrected chi connectivity index (χ1v) is 17.6. The molecule has 0 saturated heterocycles. The molecule has 0 radical (unpaired) electrons. The fourth-order valence-electron chi connectivity index (χ4n) is 5.37. The number of ether oxygens (including phenoxy) is 2. The van der Waals surface area contributed by atoms with Gasteiger partial charge in [-0.3, -0.25) is 14.3 Å². The number of hydrogen-bond acceptors (Lipinski definition) is 8. The van der Waals surface area contributed by atoms with Crippen LogP contribution in [-0.2, 0) is 19.6 Å². The van der Waals surface area contributed by atoms with Crippen LogP contribution in [0.15, 0.2) is 53.4 Å². The second-order valence-corrected chi connectivity index (χ2v) is 14.3. The fourth-order valence-corrected chi connectivity index (χ4v) is 6.44. The van der Waals surface area contributed by atoms with Crippen LogP contribution in [0.3, 0.4) is 0 Å². The summed E-state index contributed by atoms with van der Waals surface area (Å²) in [7, 11) is 1.84. The first kappa shape index (κ1) is 37.3. The summed E-state index contributed by atoms with van der Waals surface area (Å²) in [4.78, 5) is 32.7. The molecule has 1 aliphatic rings. The maximum Gasteiger partial charge on any atom is 0.261 e. The van der Waals surface area contributed by atoms with Crippen LogP contribution in [0.25, 0.3) is 0 Å². The van der Waals surface area contributed by atoms with Crippen LogP contribution in [0.2, 0.25) is 0 Å². The van der Waals surface area contributed by atoms with Crippen molar-refractivity contribution in [1.82, 2.24) is 14.7 Å². The third-order valence-corrected chi connectivity index (χ3v) is 9.63. The molecule has 11 nitrogen and oxygen atoms in total. The van der Waals surface area contributed by atoms with E-state index in [0.29, 0.717) is 25.3 Å². The number of aliphatic hydroxyl groups is 1. The molecule has 0 fully saturated rings. The minimum atomic E-state index is -3.90. The Balaban J connectivity index is 1.93. The van der Waals surface area contributed by atoms with E-state index < -0.39 is 22.0 Å². The molecule has 12 heteroatoms. The Bertz CT molecular complexity index is 1370. The van der Waals surface area contributed by atoms with Gasteiger partial charge in [0.25, 0.3) is 15.9 Å². The molecule has 256 valence electrons. The van der Waals surface area contributed by atoms with Crippen molar-refractivity contribution in [2.24, 2.45) is 5.92 Å². The molecule has 0 aromatic heterocycles. The summed E-state index contributed by atoms with van der Waals surface area (Å²) in [6.07, 6.45) is 3.01. The summed E-state index contributed by atoms with van der Waals surface area (Å²) in [5.41, 5.74) is 0.406. The predicted molar refractivity (Wildman–Crippen MR) is 180 cm³/mol. The average Bonchev–Trinajstić information content (AvgIpc) is 3.02. The van der Waals surface area contributed by atoms with Gasteiger partial charge in [-0.15, -0.1) is 0 Å². The van der Waals surface area contributed by atoms with Gasteiger partial charge in [-0.1, -0.05) is 25.1 Å². The highest BCUT2D eigenvalue weighted by atomic mass is 32.2. The van der Waals surface area contributed by atoms with E-state index in [1.54, 1.807) is 54.1 Å². The minimum Gasteiger partial charge on any atom is -0.490 e. The average molecular weight is 661 g/mol. The first-order chi connectivity index (χ1) is 21.8. The van der Waals surface area contributed by atoms with Crippen LogP contribution >= 0.6 is 0 Å². The number of hydrogen-bond donors (Lipinski definition) is 2. The lowest BCUT2D eigenvalue weighted by molar-refractivity contribution is -0.132. The number of carbonyl (C=O) groups excluding carboxylic acids is 2. The van der Waals surface area contributed by atoms with Gasteiger partial charge in [-0.05, 0) is 90.5 Å². The Kier molecular flexibility index (Phi) is 14.3. The number of fused-ring (bicyclic) bond motifs is 1. The van der Waals surface area contributed by atoms with Gasteiger partial charge in [-0.25, -0.2) is 8.42 Å². The molecule has 0 spiro atoms. The summed E-state index contributed by atoms with van der Waals surface area (Å²) >= 11 is 0. The van der Waals surface area contributed by atoms with Gasteiger partial charge in [0, 0.05) is 44.8 Å². The summed E-state index contributed by atoms with van der Waals surface area (Å²) in [6, 6.07) is 12.2. The topological polar surface area (TPSA) is 129 Å². The normalized spacial score (nSPS) is 20.7. The molecule has 46 heavy (non-hydrogen) atoms. The highest BCUT2D eigenvalue weighted by Crippen LogP contribution is 2.29. The van der Waals surface area contributed by atoms with Crippen LogP contribution in [0.1, 0.15) is 63.2 Å². The highest BCUT2D eigenvalue weighted by molar-refractivity contribution is 7.92. The third kappa shape index (κ3) is 11.0. The number of aliphatic hydroxyl groups excluding tert-OH is 1. The van der Waals surface area contributed by atoms with Crippen LogP contribution in [0, 0.1) is 5.92 Å². The van der Waals surface area contributed by atoms with Gasteiger partial charge >= 0.3 is 0 Å². The Labute approximate surface area is 274 Å². The summed E-state index contributed by atoms with van der Waals surface area (Å²) in [5, 5.41) is 10.2. The zero-order valence-corrected chi connectivity index (χ0v) is 29.0. The molecule has 1 aliphatic heterocycles. The van der Waals surface area contributed by atoms with Gasteiger partial charge in [-0.2, -0.15) is 0 Å². The second-order valence-electron chi connectivity index (χ2n) is 12.6. The minimum absolute atomic E-state index is 0.0408. The maximum atomic E-state index is 14.3. The molecular weight excluding hydrogens is 608 g/mol. The van der Waals surface area contributed by atoms with Gasteiger partial charge in [0.1, 0.15) is 5.75 Å². The molecule has 0 saturated carbocycles. The quantitative estimate of drug-likeness (QED) is 0.369. The number of rotatable bonds is 11. The Morgan fingerprint density at radius 2 is 1.83 bits per heavy atom. The van der Waals surface area contributed by atoms with Crippen molar-refractivity contribution in [2.75, 3.05) is 58.7 Å². The number of nitrogens with one attached hydrogen (secondary N) is 1. The smallest absolute Gasteiger partial charge is 0.261 e. The summed E-state index contributed by atoms with van der Waals surface area (Å²) in [6.45, 7) is 7.34. The van der Waals surface area contributed by atoms with Gasteiger partial charge in [0.2, 0.25) is 5.91 Å². The molecule has 0 aliphatic carbocycles.